The van der Waals surface area contributed by atoms with Crippen molar-refractivity contribution in [1.29, 1.82) is 0 Å². The van der Waals surface area contributed by atoms with Crippen LogP contribution in [0.5, 0.6) is 11.5 Å². The molecule has 0 aromatic heterocycles. The highest BCUT2D eigenvalue weighted by atomic mass is 16.5. The summed E-state index contributed by atoms with van der Waals surface area (Å²) in [5.41, 5.74) is 1.72. The fraction of sp³-hybridized carbons (Fsp3) is 0.318. The van der Waals surface area contributed by atoms with E-state index in [1.165, 1.54) is 14.0 Å². The number of Topliss-reactive ketones (excluding diaryl/α,β-unsaturated/α-hetero) is 1. The van der Waals surface area contributed by atoms with Gasteiger partial charge in [-0.1, -0.05) is 12.1 Å². The second kappa shape index (κ2) is 10.3. The zero-order valence-electron chi connectivity index (χ0n) is 16.7. The van der Waals surface area contributed by atoms with Gasteiger partial charge in [0.2, 0.25) is 5.91 Å². The number of benzene rings is 2. The first-order valence-corrected chi connectivity index (χ1v) is 9.26. The predicted molar refractivity (Wildman–Crippen MR) is 109 cm³/mol. The molecule has 0 aliphatic heterocycles. The lowest BCUT2D eigenvalue weighted by atomic mass is 10.0. The number of carbonyl (C=O) groups excluding carboxylic acids is 2. The van der Waals surface area contributed by atoms with E-state index in [9.17, 15) is 14.4 Å². The lowest BCUT2D eigenvalue weighted by Gasteiger charge is -2.12. The molecule has 0 heterocycles. The van der Waals surface area contributed by atoms with Crippen LogP contribution in [0.25, 0.3) is 0 Å². The van der Waals surface area contributed by atoms with E-state index < -0.39 is 11.9 Å². The summed E-state index contributed by atoms with van der Waals surface area (Å²) in [5, 5.41) is 11.9. The van der Waals surface area contributed by atoms with Crippen LogP contribution in [0.3, 0.4) is 0 Å². The number of nitrogens with one attached hydrogen (secondary N) is 1. The molecule has 29 heavy (non-hydrogen) atoms. The summed E-state index contributed by atoms with van der Waals surface area (Å²) in [6.07, 6.45) is 0.723. The predicted octanol–water partition coefficient (Wildman–Crippen LogP) is 3.88. The number of anilines is 1. The van der Waals surface area contributed by atoms with E-state index >= 15 is 0 Å². The maximum Gasteiger partial charge on any atom is 0.310 e. The van der Waals surface area contributed by atoms with Gasteiger partial charge >= 0.3 is 5.97 Å². The lowest BCUT2D eigenvalue weighted by molar-refractivity contribution is -0.138. The summed E-state index contributed by atoms with van der Waals surface area (Å²) in [7, 11) is 1.50. The summed E-state index contributed by atoms with van der Waals surface area (Å²) in [6, 6.07) is 11.8. The number of carboxylic acid groups (broad SMARTS) is 1. The first-order valence-electron chi connectivity index (χ1n) is 9.26. The molecule has 2 aromatic carbocycles. The van der Waals surface area contributed by atoms with Gasteiger partial charge in [0.1, 0.15) is 0 Å². The Bertz CT molecular complexity index is 893. The molecule has 154 valence electrons. The minimum Gasteiger partial charge on any atom is -0.493 e. The molecule has 0 aliphatic rings. The Labute approximate surface area is 169 Å². The number of hydrogen-bond donors (Lipinski definition) is 2. The van der Waals surface area contributed by atoms with Gasteiger partial charge in [-0.15, -0.1) is 0 Å². The molecule has 7 heteroatoms. The largest absolute Gasteiger partial charge is 0.493 e. The first-order chi connectivity index (χ1) is 13.8. The van der Waals surface area contributed by atoms with E-state index in [4.69, 9.17) is 14.6 Å². The molecule has 1 unspecified atom stereocenters. The molecule has 0 bridgehead atoms. The maximum absolute atomic E-state index is 12.1. The van der Waals surface area contributed by atoms with Crippen LogP contribution in [-0.4, -0.2) is 36.5 Å². The van der Waals surface area contributed by atoms with Crippen LogP contribution in [0, 0.1) is 0 Å². The normalized spacial score (nSPS) is 11.4. The van der Waals surface area contributed by atoms with E-state index in [2.05, 4.69) is 5.32 Å². The molecule has 0 spiro atoms. The van der Waals surface area contributed by atoms with Gasteiger partial charge in [0.15, 0.2) is 17.3 Å². The smallest absolute Gasteiger partial charge is 0.310 e. The third-order valence-corrected chi connectivity index (χ3v) is 4.42. The monoisotopic (exact) mass is 399 g/mol. The second-order valence-electron chi connectivity index (χ2n) is 6.61. The summed E-state index contributed by atoms with van der Waals surface area (Å²) in [5.74, 6) is -0.845. The van der Waals surface area contributed by atoms with Gasteiger partial charge in [-0.05, 0) is 56.2 Å². The van der Waals surface area contributed by atoms with Crippen molar-refractivity contribution in [3.05, 3.63) is 53.6 Å². The number of methoxy groups -OCH3 is 1. The standard InChI is InChI=1S/C22H25NO6/c1-14(22(26)27)16-6-4-7-18(12-16)23-21(25)8-5-11-29-19-10-9-17(15(2)24)13-20(19)28-3/h4,6-7,9-10,12-14H,5,8,11H2,1-3H3,(H,23,25)(H,26,27). The van der Waals surface area contributed by atoms with Crippen LogP contribution in [-0.2, 0) is 9.59 Å². The van der Waals surface area contributed by atoms with Crippen molar-refractivity contribution < 1.29 is 29.0 Å². The number of aliphatic carboxylic acids is 1. The Hall–Kier alpha value is -3.35. The number of hydrogen-bond acceptors (Lipinski definition) is 5. The Morgan fingerprint density at radius 3 is 2.52 bits per heavy atom. The molecule has 2 N–H and O–H groups in total. The highest BCUT2D eigenvalue weighted by molar-refractivity contribution is 5.94. The van der Waals surface area contributed by atoms with Crippen molar-refractivity contribution in [1.82, 2.24) is 0 Å². The third-order valence-electron chi connectivity index (χ3n) is 4.42. The number of carbonyl (C=O) groups is 3. The van der Waals surface area contributed by atoms with Gasteiger partial charge in [0.25, 0.3) is 0 Å². The highest BCUT2D eigenvalue weighted by Crippen LogP contribution is 2.28. The maximum atomic E-state index is 12.1. The average Bonchev–Trinajstić information content (AvgIpc) is 2.70. The van der Waals surface area contributed by atoms with E-state index in [0.717, 1.165) is 0 Å². The van der Waals surface area contributed by atoms with E-state index in [-0.39, 0.29) is 18.1 Å². The van der Waals surface area contributed by atoms with Gasteiger partial charge in [-0.2, -0.15) is 0 Å². The van der Waals surface area contributed by atoms with E-state index in [0.29, 0.717) is 41.3 Å². The quantitative estimate of drug-likeness (QED) is 0.464. The van der Waals surface area contributed by atoms with Crippen molar-refractivity contribution in [3.8, 4) is 11.5 Å². The number of carboxylic acids is 1. The summed E-state index contributed by atoms with van der Waals surface area (Å²) in [6.45, 7) is 3.38. The van der Waals surface area contributed by atoms with Crippen LogP contribution < -0.4 is 14.8 Å². The average molecular weight is 399 g/mol. The molecule has 1 amide bonds. The first kappa shape index (κ1) is 21.9. The number of amides is 1. The van der Waals surface area contributed by atoms with Crippen LogP contribution in [0.4, 0.5) is 5.69 Å². The fourth-order valence-electron chi connectivity index (χ4n) is 2.67. The van der Waals surface area contributed by atoms with Crippen molar-refractivity contribution in [2.45, 2.75) is 32.6 Å². The van der Waals surface area contributed by atoms with Gasteiger partial charge in [-0.25, -0.2) is 0 Å². The molecular formula is C22H25NO6. The molecule has 2 aromatic rings. The molecule has 2 rings (SSSR count). The van der Waals surface area contributed by atoms with Crippen molar-refractivity contribution in [2.75, 3.05) is 19.0 Å². The number of ketones is 1. The zero-order chi connectivity index (χ0) is 21.4. The van der Waals surface area contributed by atoms with Crippen molar-refractivity contribution >= 4 is 23.3 Å². The summed E-state index contributed by atoms with van der Waals surface area (Å²) >= 11 is 0. The molecule has 0 saturated heterocycles. The lowest BCUT2D eigenvalue weighted by Crippen LogP contribution is -2.14. The highest BCUT2D eigenvalue weighted by Gasteiger charge is 2.14. The minimum atomic E-state index is -0.919. The molecule has 0 radical (unpaired) electrons. The molecule has 1 atom stereocenters. The topological polar surface area (TPSA) is 102 Å². The molecule has 0 saturated carbocycles. The minimum absolute atomic E-state index is 0.0617. The van der Waals surface area contributed by atoms with Crippen LogP contribution in [0.15, 0.2) is 42.5 Å². The second-order valence-corrected chi connectivity index (χ2v) is 6.61. The Morgan fingerprint density at radius 2 is 1.86 bits per heavy atom. The Morgan fingerprint density at radius 1 is 1.10 bits per heavy atom. The third kappa shape index (κ3) is 6.34. The number of ether oxygens (including phenoxy) is 2. The van der Waals surface area contributed by atoms with Crippen LogP contribution >= 0.6 is 0 Å². The molecule has 0 aliphatic carbocycles. The van der Waals surface area contributed by atoms with Gasteiger partial charge < -0.3 is 19.9 Å². The van der Waals surface area contributed by atoms with Crippen LogP contribution in [0.1, 0.15) is 48.5 Å². The summed E-state index contributed by atoms with van der Waals surface area (Å²) < 4.78 is 10.9. The molecule has 7 nitrogen and oxygen atoms in total. The van der Waals surface area contributed by atoms with Crippen molar-refractivity contribution in [2.24, 2.45) is 0 Å². The SMILES string of the molecule is COc1cc(C(C)=O)ccc1OCCCC(=O)Nc1cccc(C(C)C(=O)O)c1. The van der Waals surface area contributed by atoms with Gasteiger partial charge in [0.05, 0.1) is 19.6 Å². The Balaban J connectivity index is 1.84. The summed E-state index contributed by atoms with van der Waals surface area (Å²) in [4.78, 5) is 34.7. The Kier molecular flexibility index (Phi) is 7.77. The number of rotatable bonds is 10. The van der Waals surface area contributed by atoms with E-state index in [1.807, 2.05) is 0 Å². The zero-order valence-corrected chi connectivity index (χ0v) is 16.7. The van der Waals surface area contributed by atoms with Crippen molar-refractivity contribution in [3.63, 3.8) is 0 Å². The van der Waals surface area contributed by atoms with Gasteiger partial charge in [-0.3, -0.25) is 14.4 Å². The van der Waals surface area contributed by atoms with Crippen LogP contribution in [0.2, 0.25) is 0 Å². The van der Waals surface area contributed by atoms with Gasteiger partial charge in [0, 0.05) is 17.7 Å². The van der Waals surface area contributed by atoms with E-state index in [1.54, 1.807) is 49.4 Å². The molecular weight excluding hydrogens is 374 g/mol. The molecule has 0 fully saturated rings. The fourth-order valence-corrected chi connectivity index (χ4v) is 2.67.